The van der Waals surface area contributed by atoms with Crippen molar-refractivity contribution >= 4 is 16.9 Å². The first-order chi connectivity index (χ1) is 11.2. The molecule has 1 saturated heterocycles. The molecule has 0 spiro atoms. The number of aromatic nitrogens is 2. The Labute approximate surface area is 137 Å². The lowest BCUT2D eigenvalue weighted by Gasteiger charge is -2.26. The Morgan fingerprint density at radius 1 is 1.13 bits per heavy atom. The zero-order valence-electron chi connectivity index (χ0n) is 13.9. The van der Waals surface area contributed by atoms with Gasteiger partial charge < -0.3 is 9.47 Å². The van der Waals surface area contributed by atoms with E-state index in [0.29, 0.717) is 11.8 Å². The predicted molar refractivity (Wildman–Crippen MR) is 91.2 cm³/mol. The minimum absolute atomic E-state index is 0.281. The molecule has 1 aromatic carbocycles. The molecule has 4 rings (SSSR count). The number of para-hydroxylation sites is 2. The molecule has 2 fully saturated rings. The van der Waals surface area contributed by atoms with Crippen molar-refractivity contribution in [3.05, 3.63) is 30.1 Å². The minimum Gasteiger partial charge on any atom is -0.342 e. The van der Waals surface area contributed by atoms with Crippen molar-refractivity contribution in [2.45, 2.75) is 44.4 Å². The van der Waals surface area contributed by atoms with Crippen LogP contribution >= 0.6 is 0 Å². The molecule has 1 saturated carbocycles. The Morgan fingerprint density at radius 2 is 1.91 bits per heavy atom. The highest BCUT2D eigenvalue weighted by atomic mass is 16.2. The van der Waals surface area contributed by atoms with Crippen molar-refractivity contribution in [2.75, 3.05) is 13.1 Å². The van der Waals surface area contributed by atoms with Crippen LogP contribution in [-0.2, 0) is 11.8 Å². The highest BCUT2D eigenvalue weighted by molar-refractivity contribution is 5.79. The molecule has 122 valence electrons. The summed E-state index contributed by atoms with van der Waals surface area (Å²) >= 11 is 0. The molecule has 4 nitrogen and oxygen atoms in total. The lowest BCUT2D eigenvalue weighted by atomic mass is 9.88. The summed E-state index contributed by atoms with van der Waals surface area (Å²) in [6, 6.07) is 8.28. The van der Waals surface area contributed by atoms with Crippen LogP contribution in [0.1, 0.15) is 50.3 Å². The van der Waals surface area contributed by atoms with Crippen LogP contribution in [-0.4, -0.2) is 33.4 Å². The van der Waals surface area contributed by atoms with E-state index in [4.69, 9.17) is 4.98 Å². The van der Waals surface area contributed by atoms with Gasteiger partial charge in [-0.3, -0.25) is 4.79 Å². The van der Waals surface area contributed by atoms with Crippen LogP contribution < -0.4 is 0 Å². The van der Waals surface area contributed by atoms with Gasteiger partial charge in [-0.25, -0.2) is 4.98 Å². The Kier molecular flexibility index (Phi) is 3.83. The van der Waals surface area contributed by atoms with E-state index < -0.39 is 0 Å². The van der Waals surface area contributed by atoms with E-state index in [1.807, 2.05) is 6.07 Å². The van der Waals surface area contributed by atoms with Crippen LogP contribution in [0.2, 0.25) is 0 Å². The van der Waals surface area contributed by atoms with Crippen molar-refractivity contribution < 1.29 is 4.79 Å². The van der Waals surface area contributed by atoms with E-state index in [1.165, 1.54) is 24.8 Å². The molecule has 4 heteroatoms. The first-order valence-electron chi connectivity index (χ1n) is 8.94. The second kappa shape index (κ2) is 5.99. The fourth-order valence-electron chi connectivity index (χ4n) is 4.31. The first kappa shape index (κ1) is 14.7. The highest BCUT2D eigenvalue weighted by Crippen LogP contribution is 2.32. The number of carbonyl (C=O) groups excluding carboxylic acids is 1. The first-order valence-corrected chi connectivity index (χ1v) is 8.94. The lowest BCUT2D eigenvalue weighted by molar-refractivity contribution is -0.135. The summed E-state index contributed by atoms with van der Waals surface area (Å²) in [5, 5.41) is 0. The van der Waals surface area contributed by atoms with Gasteiger partial charge in [0.15, 0.2) is 0 Å². The number of amides is 1. The maximum Gasteiger partial charge on any atom is 0.225 e. The molecule has 23 heavy (non-hydrogen) atoms. The molecule has 1 atom stereocenters. The second-order valence-electron chi connectivity index (χ2n) is 7.12. The van der Waals surface area contributed by atoms with Crippen molar-refractivity contribution in [3.63, 3.8) is 0 Å². The molecule has 1 unspecified atom stereocenters. The van der Waals surface area contributed by atoms with Crippen LogP contribution in [0.15, 0.2) is 24.3 Å². The van der Waals surface area contributed by atoms with Gasteiger partial charge in [0.2, 0.25) is 5.91 Å². The Balaban J connectivity index is 1.51. The normalized spacial score (nSPS) is 22.8. The molecule has 1 aromatic heterocycles. The van der Waals surface area contributed by atoms with Crippen molar-refractivity contribution in [2.24, 2.45) is 13.0 Å². The van der Waals surface area contributed by atoms with Gasteiger partial charge in [0, 0.05) is 32.0 Å². The summed E-state index contributed by atoms with van der Waals surface area (Å²) < 4.78 is 2.20. The number of hydrogen-bond donors (Lipinski definition) is 0. The van der Waals surface area contributed by atoms with E-state index in [0.717, 1.165) is 43.7 Å². The molecular formula is C19H25N3O. The summed E-state index contributed by atoms with van der Waals surface area (Å²) in [5.41, 5.74) is 2.24. The number of imidazole rings is 1. The number of nitrogens with zero attached hydrogens (tertiary/aromatic N) is 3. The smallest absolute Gasteiger partial charge is 0.225 e. The summed E-state index contributed by atoms with van der Waals surface area (Å²) in [6.45, 7) is 1.73. The molecule has 0 N–H and O–H groups in total. The van der Waals surface area contributed by atoms with E-state index in [-0.39, 0.29) is 5.92 Å². The third-order valence-corrected chi connectivity index (χ3v) is 5.64. The van der Waals surface area contributed by atoms with Crippen LogP contribution in [0.4, 0.5) is 0 Å². The van der Waals surface area contributed by atoms with Gasteiger partial charge in [-0.05, 0) is 31.4 Å². The molecule has 2 heterocycles. The van der Waals surface area contributed by atoms with Gasteiger partial charge in [-0.2, -0.15) is 0 Å². The third kappa shape index (κ3) is 2.64. The topological polar surface area (TPSA) is 38.1 Å². The maximum absolute atomic E-state index is 12.7. The largest absolute Gasteiger partial charge is 0.342 e. The molecule has 2 aromatic rings. The van der Waals surface area contributed by atoms with Gasteiger partial charge in [0.1, 0.15) is 5.82 Å². The SMILES string of the molecule is Cn1c(C2CCN(C(=O)C3CCCCC3)C2)nc2ccccc21. The van der Waals surface area contributed by atoms with Crippen LogP contribution in [0.3, 0.4) is 0 Å². The molecule has 0 radical (unpaired) electrons. The van der Waals surface area contributed by atoms with Gasteiger partial charge in [-0.15, -0.1) is 0 Å². The fraction of sp³-hybridized carbons (Fsp3) is 0.579. The molecule has 0 bridgehead atoms. The van der Waals surface area contributed by atoms with E-state index in [2.05, 4.69) is 34.7 Å². The quantitative estimate of drug-likeness (QED) is 0.852. The number of benzene rings is 1. The summed E-state index contributed by atoms with van der Waals surface area (Å²) in [5.74, 6) is 2.18. The average Bonchev–Trinajstić information content (AvgIpc) is 3.20. The van der Waals surface area contributed by atoms with Crippen molar-refractivity contribution in [3.8, 4) is 0 Å². The van der Waals surface area contributed by atoms with Crippen molar-refractivity contribution in [1.29, 1.82) is 0 Å². The summed E-state index contributed by atoms with van der Waals surface area (Å²) in [4.78, 5) is 19.7. The maximum atomic E-state index is 12.7. The minimum atomic E-state index is 0.281. The third-order valence-electron chi connectivity index (χ3n) is 5.64. The van der Waals surface area contributed by atoms with Gasteiger partial charge in [-0.1, -0.05) is 31.4 Å². The number of rotatable bonds is 2. The van der Waals surface area contributed by atoms with Crippen LogP contribution in [0.25, 0.3) is 11.0 Å². The number of hydrogen-bond acceptors (Lipinski definition) is 2. The lowest BCUT2D eigenvalue weighted by Crippen LogP contribution is -2.35. The standard InChI is InChI=1S/C19H25N3O/c1-21-17-10-6-5-9-16(17)20-18(21)15-11-12-22(13-15)19(23)14-7-3-2-4-8-14/h5-6,9-10,14-15H,2-4,7-8,11-13H2,1H3. The zero-order valence-corrected chi connectivity index (χ0v) is 13.9. The summed E-state index contributed by atoms with van der Waals surface area (Å²) in [6.07, 6.45) is 6.96. The van der Waals surface area contributed by atoms with E-state index in [1.54, 1.807) is 0 Å². The zero-order chi connectivity index (χ0) is 15.8. The molecule has 1 aliphatic heterocycles. The molecule has 1 aliphatic carbocycles. The fourth-order valence-corrected chi connectivity index (χ4v) is 4.31. The highest BCUT2D eigenvalue weighted by Gasteiger charge is 2.33. The number of likely N-dealkylation sites (tertiary alicyclic amines) is 1. The molecule has 1 amide bonds. The Hall–Kier alpha value is -1.84. The number of carbonyl (C=O) groups is 1. The Morgan fingerprint density at radius 3 is 2.70 bits per heavy atom. The number of aryl methyl sites for hydroxylation is 1. The van der Waals surface area contributed by atoms with Gasteiger partial charge in [0.25, 0.3) is 0 Å². The van der Waals surface area contributed by atoms with Crippen LogP contribution in [0, 0.1) is 5.92 Å². The van der Waals surface area contributed by atoms with Gasteiger partial charge >= 0.3 is 0 Å². The van der Waals surface area contributed by atoms with Crippen molar-refractivity contribution in [1.82, 2.24) is 14.5 Å². The van der Waals surface area contributed by atoms with Gasteiger partial charge in [0.05, 0.1) is 11.0 Å². The number of fused-ring (bicyclic) bond motifs is 1. The summed E-state index contributed by atoms with van der Waals surface area (Å²) in [7, 11) is 2.09. The Bertz CT molecular complexity index is 714. The second-order valence-corrected chi connectivity index (χ2v) is 7.12. The molecule has 2 aliphatic rings. The molecular weight excluding hydrogens is 286 g/mol. The predicted octanol–water partition coefficient (Wildman–Crippen LogP) is 3.47. The van der Waals surface area contributed by atoms with Crippen LogP contribution in [0.5, 0.6) is 0 Å². The van der Waals surface area contributed by atoms with E-state index in [9.17, 15) is 4.79 Å². The average molecular weight is 311 g/mol. The van der Waals surface area contributed by atoms with E-state index >= 15 is 0 Å². The monoisotopic (exact) mass is 311 g/mol.